The van der Waals surface area contributed by atoms with E-state index in [9.17, 15) is 4.79 Å². The van der Waals surface area contributed by atoms with Gasteiger partial charge in [-0.15, -0.1) is 0 Å². The van der Waals surface area contributed by atoms with E-state index in [1.54, 1.807) is 7.11 Å². The van der Waals surface area contributed by atoms with Gasteiger partial charge in [0.15, 0.2) is 0 Å². The summed E-state index contributed by atoms with van der Waals surface area (Å²) in [7, 11) is 1.69. The van der Waals surface area contributed by atoms with Crippen molar-refractivity contribution in [2.45, 2.75) is 25.2 Å². The van der Waals surface area contributed by atoms with Gasteiger partial charge in [0.1, 0.15) is 5.75 Å². The molecule has 104 valence electrons. The second-order valence-electron chi connectivity index (χ2n) is 5.04. The lowest BCUT2D eigenvalue weighted by atomic mass is 9.89. The number of piperidine rings is 1. The van der Waals surface area contributed by atoms with Crippen molar-refractivity contribution < 1.29 is 14.6 Å². The molecule has 0 aromatic heterocycles. The molecule has 1 saturated heterocycles. The Morgan fingerprint density at radius 3 is 2.79 bits per heavy atom. The van der Waals surface area contributed by atoms with Crippen LogP contribution in [0.5, 0.6) is 5.75 Å². The van der Waals surface area contributed by atoms with Crippen molar-refractivity contribution in [1.29, 1.82) is 0 Å². The van der Waals surface area contributed by atoms with E-state index in [1.807, 2.05) is 12.1 Å². The summed E-state index contributed by atoms with van der Waals surface area (Å²) in [4.78, 5) is 12.8. The number of benzene rings is 1. The van der Waals surface area contributed by atoms with Crippen LogP contribution in [0, 0.1) is 0 Å². The van der Waals surface area contributed by atoms with Crippen molar-refractivity contribution in [2.24, 2.45) is 0 Å². The number of methoxy groups -OCH3 is 1. The average Bonchev–Trinajstić information content (AvgIpc) is 2.45. The zero-order valence-electron chi connectivity index (χ0n) is 11.3. The van der Waals surface area contributed by atoms with Crippen LogP contribution in [0.4, 0.5) is 0 Å². The van der Waals surface area contributed by atoms with Gasteiger partial charge in [0.25, 0.3) is 0 Å². The summed E-state index contributed by atoms with van der Waals surface area (Å²) >= 11 is 0. The molecular weight excluding hydrogens is 242 g/mol. The molecule has 4 nitrogen and oxygen atoms in total. The summed E-state index contributed by atoms with van der Waals surface area (Å²) in [5.41, 5.74) is 1.33. The Labute approximate surface area is 114 Å². The fraction of sp³-hybridized carbons (Fsp3) is 0.533. The highest BCUT2D eigenvalue weighted by Gasteiger charge is 2.21. The van der Waals surface area contributed by atoms with E-state index in [1.165, 1.54) is 5.56 Å². The van der Waals surface area contributed by atoms with Crippen LogP contribution in [0.25, 0.3) is 0 Å². The first-order valence-corrected chi connectivity index (χ1v) is 6.77. The topological polar surface area (TPSA) is 49.8 Å². The number of rotatable bonds is 5. The van der Waals surface area contributed by atoms with Crippen LogP contribution in [-0.2, 0) is 4.79 Å². The molecule has 0 amide bonds. The van der Waals surface area contributed by atoms with Crippen LogP contribution in [0.3, 0.4) is 0 Å². The SMILES string of the molecule is COc1cccc(C2CCN(CCC(=O)O)CC2)c1. The number of carboxylic acid groups (broad SMARTS) is 1. The number of hydrogen-bond donors (Lipinski definition) is 1. The second-order valence-corrected chi connectivity index (χ2v) is 5.04. The number of likely N-dealkylation sites (tertiary alicyclic amines) is 1. The Bertz CT molecular complexity index is 425. The normalized spacial score (nSPS) is 17.3. The molecular formula is C15H21NO3. The van der Waals surface area contributed by atoms with Gasteiger partial charge in [-0.1, -0.05) is 12.1 Å². The van der Waals surface area contributed by atoms with Crippen molar-refractivity contribution in [3.8, 4) is 5.75 Å². The van der Waals surface area contributed by atoms with Crippen molar-refractivity contribution in [1.82, 2.24) is 4.90 Å². The maximum atomic E-state index is 10.6. The van der Waals surface area contributed by atoms with Gasteiger partial charge in [-0.2, -0.15) is 0 Å². The number of carbonyl (C=O) groups is 1. The summed E-state index contributed by atoms with van der Waals surface area (Å²) in [5, 5.41) is 8.69. The van der Waals surface area contributed by atoms with Crippen LogP contribution >= 0.6 is 0 Å². The maximum Gasteiger partial charge on any atom is 0.304 e. The van der Waals surface area contributed by atoms with Gasteiger partial charge in [-0.3, -0.25) is 4.79 Å². The van der Waals surface area contributed by atoms with Crippen molar-refractivity contribution in [2.75, 3.05) is 26.7 Å². The van der Waals surface area contributed by atoms with E-state index >= 15 is 0 Å². The summed E-state index contributed by atoms with van der Waals surface area (Å²) < 4.78 is 5.26. The van der Waals surface area contributed by atoms with E-state index < -0.39 is 5.97 Å². The lowest BCUT2D eigenvalue weighted by molar-refractivity contribution is -0.137. The molecule has 0 bridgehead atoms. The summed E-state index contributed by atoms with van der Waals surface area (Å²) in [6.07, 6.45) is 2.42. The highest BCUT2D eigenvalue weighted by molar-refractivity contribution is 5.66. The number of carboxylic acids is 1. The van der Waals surface area contributed by atoms with Crippen LogP contribution < -0.4 is 4.74 Å². The van der Waals surface area contributed by atoms with Crippen LogP contribution in [-0.4, -0.2) is 42.7 Å². The Balaban J connectivity index is 1.87. The minimum absolute atomic E-state index is 0.240. The van der Waals surface area contributed by atoms with Gasteiger partial charge in [0.2, 0.25) is 0 Å². The Morgan fingerprint density at radius 1 is 1.42 bits per heavy atom. The lowest BCUT2D eigenvalue weighted by Gasteiger charge is -2.31. The zero-order chi connectivity index (χ0) is 13.7. The molecule has 1 aliphatic rings. The first-order valence-electron chi connectivity index (χ1n) is 6.77. The molecule has 1 fully saturated rings. The Hall–Kier alpha value is -1.55. The number of aliphatic carboxylic acids is 1. The standard InChI is InChI=1S/C15H21NO3/c1-19-14-4-2-3-13(11-14)12-5-8-16(9-6-12)10-7-15(17)18/h2-4,11-12H,5-10H2,1H3,(H,17,18). The number of ether oxygens (including phenoxy) is 1. The van der Waals surface area contributed by atoms with Gasteiger partial charge in [-0.05, 0) is 49.5 Å². The van der Waals surface area contributed by atoms with Gasteiger partial charge in [0.05, 0.1) is 13.5 Å². The fourth-order valence-electron chi connectivity index (χ4n) is 2.64. The molecule has 1 N–H and O–H groups in total. The molecule has 0 spiro atoms. The van der Waals surface area contributed by atoms with Gasteiger partial charge < -0.3 is 14.7 Å². The van der Waals surface area contributed by atoms with Gasteiger partial charge in [0, 0.05) is 6.54 Å². The van der Waals surface area contributed by atoms with Crippen LogP contribution in [0.15, 0.2) is 24.3 Å². The first kappa shape index (κ1) is 13.9. The summed E-state index contributed by atoms with van der Waals surface area (Å²) in [5.74, 6) is 0.761. The zero-order valence-corrected chi connectivity index (χ0v) is 11.3. The number of nitrogens with zero attached hydrogens (tertiary/aromatic N) is 1. The van der Waals surface area contributed by atoms with Crippen molar-refractivity contribution >= 4 is 5.97 Å². The smallest absolute Gasteiger partial charge is 0.304 e. The largest absolute Gasteiger partial charge is 0.497 e. The Morgan fingerprint density at radius 2 is 2.16 bits per heavy atom. The third-order valence-corrected chi connectivity index (χ3v) is 3.79. The van der Waals surface area contributed by atoms with E-state index in [0.29, 0.717) is 12.5 Å². The lowest BCUT2D eigenvalue weighted by Crippen LogP contribution is -2.34. The van der Waals surface area contributed by atoms with Gasteiger partial charge >= 0.3 is 5.97 Å². The highest BCUT2D eigenvalue weighted by Crippen LogP contribution is 2.29. The molecule has 19 heavy (non-hydrogen) atoms. The van der Waals surface area contributed by atoms with Crippen molar-refractivity contribution in [3.63, 3.8) is 0 Å². The third kappa shape index (κ3) is 3.96. The minimum atomic E-state index is -0.713. The highest BCUT2D eigenvalue weighted by atomic mass is 16.5. The molecule has 1 aliphatic heterocycles. The molecule has 1 heterocycles. The predicted molar refractivity (Wildman–Crippen MR) is 73.7 cm³/mol. The van der Waals surface area contributed by atoms with E-state index in [2.05, 4.69) is 17.0 Å². The molecule has 0 aliphatic carbocycles. The molecule has 2 rings (SSSR count). The van der Waals surface area contributed by atoms with Crippen LogP contribution in [0.2, 0.25) is 0 Å². The van der Waals surface area contributed by atoms with E-state index in [4.69, 9.17) is 9.84 Å². The predicted octanol–water partition coefficient (Wildman–Crippen LogP) is 2.35. The fourth-order valence-corrected chi connectivity index (χ4v) is 2.64. The first-order chi connectivity index (χ1) is 9.19. The molecule has 4 heteroatoms. The third-order valence-electron chi connectivity index (χ3n) is 3.79. The minimum Gasteiger partial charge on any atom is -0.497 e. The molecule has 0 radical (unpaired) electrons. The maximum absolute atomic E-state index is 10.6. The molecule has 0 atom stereocenters. The van der Waals surface area contributed by atoms with Crippen molar-refractivity contribution in [3.05, 3.63) is 29.8 Å². The molecule has 0 saturated carbocycles. The summed E-state index contributed by atoms with van der Waals surface area (Å²) in [6, 6.07) is 8.26. The number of hydrogen-bond acceptors (Lipinski definition) is 3. The van der Waals surface area contributed by atoms with E-state index in [0.717, 1.165) is 31.7 Å². The quantitative estimate of drug-likeness (QED) is 0.886. The monoisotopic (exact) mass is 263 g/mol. The van der Waals surface area contributed by atoms with Crippen LogP contribution in [0.1, 0.15) is 30.7 Å². The molecule has 1 aromatic carbocycles. The van der Waals surface area contributed by atoms with E-state index in [-0.39, 0.29) is 6.42 Å². The molecule has 1 aromatic rings. The van der Waals surface area contributed by atoms with Gasteiger partial charge in [-0.25, -0.2) is 0 Å². The Kier molecular flexibility index (Phi) is 4.80. The summed E-state index contributed by atoms with van der Waals surface area (Å²) in [6.45, 7) is 2.63. The second kappa shape index (κ2) is 6.57. The average molecular weight is 263 g/mol. The molecule has 0 unspecified atom stereocenters.